The maximum absolute atomic E-state index is 11.7. The third-order valence-corrected chi connectivity index (χ3v) is 2.75. The van der Waals surface area contributed by atoms with Crippen LogP contribution in [0.25, 0.3) is 0 Å². The van der Waals surface area contributed by atoms with Crippen LogP contribution in [0.4, 0.5) is 4.79 Å². The van der Waals surface area contributed by atoms with E-state index in [2.05, 4.69) is 5.32 Å². The number of benzene rings is 1. The summed E-state index contributed by atoms with van der Waals surface area (Å²) in [7, 11) is 0. The molecule has 0 aromatic heterocycles. The number of amides is 1. The number of carboxylic acid groups (broad SMARTS) is 1. The van der Waals surface area contributed by atoms with E-state index in [0.717, 1.165) is 5.56 Å². The van der Waals surface area contributed by atoms with Gasteiger partial charge in [-0.05, 0) is 12.5 Å². The Balaban J connectivity index is 2.60. The first kappa shape index (κ1) is 16.0. The van der Waals surface area contributed by atoms with Gasteiger partial charge in [0.25, 0.3) is 0 Å². The fourth-order valence-corrected chi connectivity index (χ4v) is 1.66. The lowest BCUT2D eigenvalue weighted by Gasteiger charge is -2.28. The number of carboxylic acids is 1. The molecule has 0 fully saturated rings. The fourth-order valence-electron chi connectivity index (χ4n) is 1.66. The minimum atomic E-state index is -1.75. The summed E-state index contributed by atoms with van der Waals surface area (Å²) in [6, 6.07) is 9.11. The number of hydrogen-bond donors (Lipinski definition) is 2. The zero-order valence-corrected chi connectivity index (χ0v) is 11.6. The summed E-state index contributed by atoms with van der Waals surface area (Å²) in [4.78, 5) is 23.0. The first-order chi connectivity index (χ1) is 9.54. The predicted molar refractivity (Wildman–Crippen MR) is 72.0 cm³/mol. The normalized spacial score (nSPS) is 13.3. The maximum Gasteiger partial charge on any atom is 0.410 e. The van der Waals surface area contributed by atoms with Crippen molar-refractivity contribution in [2.45, 2.75) is 32.6 Å². The van der Waals surface area contributed by atoms with Gasteiger partial charge in [0.15, 0.2) is 0 Å². The second kappa shape index (κ2) is 7.49. The highest BCUT2D eigenvalue weighted by molar-refractivity contribution is 5.82. The van der Waals surface area contributed by atoms with Gasteiger partial charge in [-0.25, -0.2) is 9.59 Å². The summed E-state index contributed by atoms with van der Waals surface area (Å²) >= 11 is 0. The molecule has 0 spiro atoms. The molecular formula is C14H19NO5. The first-order valence-electron chi connectivity index (χ1n) is 6.40. The van der Waals surface area contributed by atoms with Crippen molar-refractivity contribution in [2.75, 3.05) is 6.61 Å². The topological polar surface area (TPSA) is 84.9 Å². The molecule has 1 amide bonds. The van der Waals surface area contributed by atoms with Crippen LogP contribution in [0.2, 0.25) is 0 Å². The lowest BCUT2D eigenvalue weighted by molar-refractivity contribution is -0.170. The monoisotopic (exact) mass is 281 g/mol. The Morgan fingerprint density at radius 3 is 2.40 bits per heavy atom. The highest BCUT2D eigenvalue weighted by atomic mass is 16.6. The van der Waals surface area contributed by atoms with Crippen molar-refractivity contribution in [1.82, 2.24) is 5.32 Å². The Labute approximate surface area is 117 Å². The Morgan fingerprint density at radius 1 is 1.25 bits per heavy atom. The average molecular weight is 281 g/mol. The van der Waals surface area contributed by atoms with E-state index in [1.54, 1.807) is 26.0 Å². The molecule has 0 saturated heterocycles. The van der Waals surface area contributed by atoms with E-state index in [4.69, 9.17) is 9.47 Å². The van der Waals surface area contributed by atoms with Crippen molar-refractivity contribution in [3.05, 3.63) is 35.9 Å². The minimum absolute atomic E-state index is 0.0677. The molecule has 1 aromatic carbocycles. The molecule has 110 valence electrons. The maximum atomic E-state index is 11.7. The van der Waals surface area contributed by atoms with E-state index in [0.29, 0.717) is 0 Å². The van der Waals surface area contributed by atoms with Crippen molar-refractivity contribution in [2.24, 2.45) is 0 Å². The molecule has 6 nitrogen and oxygen atoms in total. The van der Waals surface area contributed by atoms with Gasteiger partial charge in [0.2, 0.25) is 5.72 Å². The van der Waals surface area contributed by atoms with Gasteiger partial charge in [0, 0.05) is 13.0 Å². The summed E-state index contributed by atoms with van der Waals surface area (Å²) in [5.41, 5.74) is -0.931. The van der Waals surface area contributed by atoms with Crippen molar-refractivity contribution in [3.8, 4) is 0 Å². The van der Waals surface area contributed by atoms with Crippen LogP contribution in [0.3, 0.4) is 0 Å². The number of carbonyl (C=O) groups is 2. The quantitative estimate of drug-likeness (QED) is 0.748. The fraction of sp³-hybridized carbons (Fsp3) is 0.429. The zero-order chi connectivity index (χ0) is 15.0. The van der Waals surface area contributed by atoms with E-state index >= 15 is 0 Å². The van der Waals surface area contributed by atoms with Gasteiger partial charge in [0.1, 0.15) is 6.61 Å². The summed E-state index contributed by atoms with van der Waals surface area (Å²) in [6.45, 7) is 3.50. The molecule has 20 heavy (non-hydrogen) atoms. The van der Waals surface area contributed by atoms with Crippen LogP contribution in [0, 0.1) is 0 Å². The number of nitrogens with one attached hydrogen (secondary N) is 1. The summed E-state index contributed by atoms with van der Waals surface area (Å²) in [5, 5.41) is 11.5. The largest absolute Gasteiger partial charge is 0.478 e. The number of rotatable bonds is 7. The number of carbonyl (C=O) groups excluding carboxylic acids is 1. The Kier molecular flexibility index (Phi) is 5.99. The summed E-state index contributed by atoms with van der Waals surface area (Å²) in [5.74, 6) is -1.25. The predicted octanol–water partition coefficient (Wildman–Crippen LogP) is 2.14. The van der Waals surface area contributed by atoms with Gasteiger partial charge in [-0.3, -0.25) is 5.32 Å². The molecule has 0 saturated carbocycles. The molecule has 0 bridgehead atoms. The SMILES string of the molecule is CCOC(CC)(NC(=O)OCc1ccccc1)C(=O)O. The van der Waals surface area contributed by atoms with Crippen LogP contribution in [0.5, 0.6) is 0 Å². The third-order valence-electron chi connectivity index (χ3n) is 2.75. The van der Waals surface area contributed by atoms with E-state index in [-0.39, 0.29) is 19.6 Å². The van der Waals surface area contributed by atoms with E-state index in [1.165, 1.54) is 0 Å². The van der Waals surface area contributed by atoms with Crippen molar-refractivity contribution in [3.63, 3.8) is 0 Å². The molecule has 1 unspecified atom stereocenters. The molecule has 0 aliphatic heterocycles. The van der Waals surface area contributed by atoms with Crippen LogP contribution in [-0.2, 0) is 20.9 Å². The molecule has 0 heterocycles. The second-order valence-electron chi connectivity index (χ2n) is 4.11. The third kappa shape index (κ3) is 4.24. The second-order valence-corrected chi connectivity index (χ2v) is 4.11. The summed E-state index contributed by atoms with van der Waals surface area (Å²) in [6.07, 6.45) is -0.733. The standard InChI is InChI=1S/C14H19NO5/c1-3-14(12(16)17,20-4-2)15-13(18)19-10-11-8-6-5-7-9-11/h5-9H,3-4,10H2,1-2H3,(H,15,18)(H,16,17). The molecule has 0 radical (unpaired) electrons. The van der Waals surface area contributed by atoms with Crippen molar-refractivity contribution in [1.29, 1.82) is 0 Å². The lowest BCUT2D eigenvalue weighted by atomic mass is 10.1. The lowest BCUT2D eigenvalue weighted by Crippen LogP contribution is -2.56. The zero-order valence-electron chi connectivity index (χ0n) is 11.6. The minimum Gasteiger partial charge on any atom is -0.478 e. The molecule has 1 atom stereocenters. The molecule has 0 aliphatic carbocycles. The van der Waals surface area contributed by atoms with Crippen LogP contribution in [0.1, 0.15) is 25.8 Å². The van der Waals surface area contributed by atoms with Gasteiger partial charge in [-0.1, -0.05) is 37.3 Å². The van der Waals surface area contributed by atoms with Gasteiger partial charge in [-0.15, -0.1) is 0 Å². The Hall–Kier alpha value is -2.08. The molecule has 1 aromatic rings. The first-order valence-corrected chi connectivity index (χ1v) is 6.40. The number of hydrogen-bond acceptors (Lipinski definition) is 4. The Bertz CT molecular complexity index is 448. The Morgan fingerprint density at radius 2 is 1.90 bits per heavy atom. The van der Waals surface area contributed by atoms with Gasteiger partial charge in [0.05, 0.1) is 0 Å². The number of ether oxygens (including phenoxy) is 2. The van der Waals surface area contributed by atoms with Crippen molar-refractivity contribution >= 4 is 12.1 Å². The number of aliphatic carboxylic acids is 1. The van der Waals surface area contributed by atoms with Gasteiger partial charge >= 0.3 is 12.1 Å². The van der Waals surface area contributed by atoms with E-state index in [1.807, 2.05) is 18.2 Å². The van der Waals surface area contributed by atoms with Gasteiger partial charge < -0.3 is 14.6 Å². The molecule has 6 heteroatoms. The molecular weight excluding hydrogens is 262 g/mol. The van der Waals surface area contributed by atoms with Crippen LogP contribution < -0.4 is 5.32 Å². The number of alkyl carbamates (subject to hydrolysis) is 1. The van der Waals surface area contributed by atoms with E-state index < -0.39 is 17.8 Å². The smallest absolute Gasteiger partial charge is 0.410 e. The van der Waals surface area contributed by atoms with Crippen LogP contribution in [-0.4, -0.2) is 29.5 Å². The van der Waals surface area contributed by atoms with Crippen LogP contribution >= 0.6 is 0 Å². The van der Waals surface area contributed by atoms with E-state index in [9.17, 15) is 14.7 Å². The molecule has 2 N–H and O–H groups in total. The average Bonchev–Trinajstić information content (AvgIpc) is 2.45. The van der Waals surface area contributed by atoms with Gasteiger partial charge in [-0.2, -0.15) is 0 Å². The van der Waals surface area contributed by atoms with Crippen molar-refractivity contribution < 1.29 is 24.2 Å². The molecule has 0 aliphatic rings. The molecule has 1 rings (SSSR count). The highest BCUT2D eigenvalue weighted by Crippen LogP contribution is 2.13. The summed E-state index contributed by atoms with van der Waals surface area (Å²) < 4.78 is 10.1. The highest BCUT2D eigenvalue weighted by Gasteiger charge is 2.39. The van der Waals surface area contributed by atoms with Crippen LogP contribution in [0.15, 0.2) is 30.3 Å².